The number of nitrogens with one attached hydrogen (secondary N) is 1. The van der Waals surface area contributed by atoms with Gasteiger partial charge in [0.25, 0.3) is 0 Å². The summed E-state index contributed by atoms with van der Waals surface area (Å²) in [6, 6.07) is 5.29. The van der Waals surface area contributed by atoms with Gasteiger partial charge in [-0.1, -0.05) is 43.9 Å². The van der Waals surface area contributed by atoms with Crippen LogP contribution < -0.4 is 5.32 Å². The fourth-order valence-corrected chi connectivity index (χ4v) is 2.93. The molecule has 1 N–H and O–H groups in total. The summed E-state index contributed by atoms with van der Waals surface area (Å²) in [5, 5.41) is 4.10. The van der Waals surface area contributed by atoms with Crippen LogP contribution in [0.15, 0.2) is 18.2 Å². The lowest BCUT2D eigenvalue weighted by molar-refractivity contribution is 0.258. The number of hydrogen-bond donors (Lipinski definition) is 1. The van der Waals surface area contributed by atoms with Crippen molar-refractivity contribution in [2.45, 2.75) is 51.5 Å². The third-order valence-electron chi connectivity index (χ3n) is 4.04. The van der Waals surface area contributed by atoms with Gasteiger partial charge in [0, 0.05) is 16.6 Å². The van der Waals surface area contributed by atoms with Gasteiger partial charge in [0.2, 0.25) is 0 Å². The van der Waals surface area contributed by atoms with Crippen molar-refractivity contribution in [2.75, 3.05) is 6.54 Å². The van der Waals surface area contributed by atoms with Crippen molar-refractivity contribution in [2.24, 2.45) is 5.92 Å². The summed E-state index contributed by atoms with van der Waals surface area (Å²) < 4.78 is 13.9. The molecule has 0 aromatic heterocycles. The van der Waals surface area contributed by atoms with Crippen LogP contribution in [0, 0.1) is 11.7 Å². The van der Waals surface area contributed by atoms with E-state index in [2.05, 4.69) is 12.2 Å². The molecule has 1 fully saturated rings. The molecule has 0 spiro atoms. The standard InChI is InChI=1S/C16H23ClFN/c1-2-9-19-13(10-12-5-3-6-12)11-14-15(17)7-4-8-16(14)18/h4,7-8,12-13,19H,2-3,5-6,9-11H2,1H3. The lowest BCUT2D eigenvalue weighted by Gasteiger charge is -2.30. The number of rotatable bonds is 7. The summed E-state index contributed by atoms with van der Waals surface area (Å²) in [6.45, 7) is 3.15. The Kier molecular flexibility index (Phi) is 5.65. The Balaban J connectivity index is 2.00. The van der Waals surface area contributed by atoms with E-state index in [0.717, 1.165) is 25.3 Å². The average Bonchev–Trinajstić information content (AvgIpc) is 2.34. The first kappa shape index (κ1) is 14.8. The Morgan fingerprint density at radius 1 is 1.42 bits per heavy atom. The summed E-state index contributed by atoms with van der Waals surface area (Å²) in [7, 11) is 0. The van der Waals surface area contributed by atoms with Gasteiger partial charge in [-0.2, -0.15) is 0 Å². The zero-order valence-corrected chi connectivity index (χ0v) is 12.3. The SMILES string of the molecule is CCCNC(Cc1c(F)cccc1Cl)CC1CCC1. The van der Waals surface area contributed by atoms with E-state index in [1.807, 2.05) is 0 Å². The molecular formula is C16H23ClFN. The molecular weight excluding hydrogens is 261 g/mol. The third kappa shape index (κ3) is 4.19. The zero-order valence-electron chi connectivity index (χ0n) is 11.6. The first-order valence-electron chi connectivity index (χ1n) is 7.37. The van der Waals surface area contributed by atoms with Crippen LogP contribution in [-0.4, -0.2) is 12.6 Å². The van der Waals surface area contributed by atoms with Crippen molar-refractivity contribution >= 4 is 11.6 Å². The number of halogens is 2. The topological polar surface area (TPSA) is 12.0 Å². The van der Waals surface area contributed by atoms with Gasteiger partial charge in [-0.15, -0.1) is 0 Å². The minimum Gasteiger partial charge on any atom is -0.314 e. The Bertz CT molecular complexity index is 383. The van der Waals surface area contributed by atoms with Crippen LogP contribution in [0.25, 0.3) is 0 Å². The summed E-state index contributed by atoms with van der Waals surface area (Å²) in [5.41, 5.74) is 0.664. The molecule has 0 saturated heterocycles. The molecule has 1 aromatic carbocycles. The largest absolute Gasteiger partial charge is 0.314 e. The average molecular weight is 284 g/mol. The van der Waals surface area contributed by atoms with Crippen LogP contribution in [0.5, 0.6) is 0 Å². The molecule has 1 aliphatic rings. The van der Waals surface area contributed by atoms with Crippen molar-refractivity contribution in [3.8, 4) is 0 Å². The second kappa shape index (κ2) is 7.25. The fraction of sp³-hybridized carbons (Fsp3) is 0.625. The molecule has 0 aliphatic heterocycles. The van der Waals surface area contributed by atoms with Gasteiger partial charge < -0.3 is 5.32 Å². The maximum atomic E-state index is 13.9. The number of hydrogen-bond acceptors (Lipinski definition) is 1. The van der Waals surface area contributed by atoms with Crippen LogP contribution in [0.3, 0.4) is 0 Å². The maximum absolute atomic E-state index is 13.9. The highest BCUT2D eigenvalue weighted by molar-refractivity contribution is 6.31. The summed E-state index contributed by atoms with van der Waals surface area (Å²) in [4.78, 5) is 0. The molecule has 0 radical (unpaired) electrons. The molecule has 1 atom stereocenters. The predicted molar refractivity (Wildman–Crippen MR) is 79.2 cm³/mol. The monoisotopic (exact) mass is 283 g/mol. The molecule has 1 saturated carbocycles. The number of benzene rings is 1. The highest BCUT2D eigenvalue weighted by Gasteiger charge is 2.23. The lowest BCUT2D eigenvalue weighted by atomic mass is 9.80. The van der Waals surface area contributed by atoms with E-state index in [1.54, 1.807) is 12.1 Å². The van der Waals surface area contributed by atoms with Gasteiger partial charge in [0.1, 0.15) is 5.82 Å². The lowest BCUT2D eigenvalue weighted by Crippen LogP contribution is -2.35. The van der Waals surface area contributed by atoms with Gasteiger partial charge in [-0.05, 0) is 43.9 Å². The van der Waals surface area contributed by atoms with E-state index in [4.69, 9.17) is 11.6 Å². The highest BCUT2D eigenvalue weighted by atomic mass is 35.5. The molecule has 1 aromatic rings. The van der Waals surface area contributed by atoms with Gasteiger partial charge in [-0.25, -0.2) is 4.39 Å². The zero-order chi connectivity index (χ0) is 13.7. The minimum atomic E-state index is -0.176. The van der Waals surface area contributed by atoms with Crippen LogP contribution >= 0.6 is 11.6 Å². The molecule has 19 heavy (non-hydrogen) atoms. The Labute approximate surface area is 120 Å². The Morgan fingerprint density at radius 3 is 2.79 bits per heavy atom. The van der Waals surface area contributed by atoms with Gasteiger partial charge in [0.15, 0.2) is 0 Å². The molecule has 1 nitrogen and oxygen atoms in total. The quantitative estimate of drug-likeness (QED) is 0.772. The summed E-state index contributed by atoms with van der Waals surface area (Å²) >= 11 is 6.12. The van der Waals surface area contributed by atoms with E-state index in [9.17, 15) is 4.39 Å². The molecule has 0 bridgehead atoms. The van der Waals surface area contributed by atoms with E-state index in [0.29, 0.717) is 23.0 Å². The Morgan fingerprint density at radius 2 is 2.21 bits per heavy atom. The maximum Gasteiger partial charge on any atom is 0.127 e. The second-order valence-corrected chi connectivity index (χ2v) is 6.00. The fourth-order valence-electron chi connectivity index (χ4n) is 2.69. The summed E-state index contributed by atoms with van der Waals surface area (Å²) in [5.74, 6) is 0.643. The molecule has 0 heterocycles. The summed E-state index contributed by atoms with van der Waals surface area (Å²) in [6.07, 6.45) is 6.95. The molecule has 2 rings (SSSR count). The molecule has 0 amide bonds. The molecule has 1 aliphatic carbocycles. The first-order chi connectivity index (χ1) is 9.20. The molecule has 3 heteroatoms. The van der Waals surface area contributed by atoms with Crippen LogP contribution in [-0.2, 0) is 6.42 Å². The van der Waals surface area contributed by atoms with Crippen LogP contribution in [0.2, 0.25) is 5.02 Å². The van der Waals surface area contributed by atoms with E-state index in [1.165, 1.54) is 25.3 Å². The first-order valence-corrected chi connectivity index (χ1v) is 7.74. The third-order valence-corrected chi connectivity index (χ3v) is 4.39. The molecule has 1 unspecified atom stereocenters. The van der Waals surface area contributed by atoms with Gasteiger partial charge >= 0.3 is 0 Å². The van der Waals surface area contributed by atoms with Crippen LogP contribution in [0.4, 0.5) is 4.39 Å². The highest BCUT2D eigenvalue weighted by Crippen LogP contribution is 2.32. The van der Waals surface area contributed by atoms with Crippen molar-refractivity contribution < 1.29 is 4.39 Å². The predicted octanol–water partition coefficient (Wildman–Crippen LogP) is 4.58. The van der Waals surface area contributed by atoms with E-state index in [-0.39, 0.29) is 5.82 Å². The normalized spacial score (nSPS) is 17.2. The van der Waals surface area contributed by atoms with Gasteiger partial charge in [-0.3, -0.25) is 0 Å². The van der Waals surface area contributed by atoms with Crippen molar-refractivity contribution in [3.05, 3.63) is 34.6 Å². The van der Waals surface area contributed by atoms with Crippen LogP contribution in [0.1, 0.15) is 44.6 Å². The van der Waals surface area contributed by atoms with E-state index < -0.39 is 0 Å². The van der Waals surface area contributed by atoms with Crippen molar-refractivity contribution in [1.29, 1.82) is 0 Å². The smallest absolute Gasteiger partial charge is 0.127 e. The van der Waals surface area contributed by atoms with Gasteiger partial charge in [0.05, 0.1) is 0 Å². The van der Waals surface area contributed by atoms with Crippen molar-refractivity contribution in [3.63, 3.8) is 0 Å². The minimum absolute atomic E-state index is 0.176. The second-order valence-electron chi connectivity index (χ2n) is 5.59. The van der Waals surface area contributed by atoms with Crippen molar-refractivity contribution in [1.82, 2.24) is 5.32 Å². The Hall–Kier alpha value is -0.600. The molecule has 106 valence electrons. The van der Waals surface area contributed by atoms with E-state index >= 15 is 0 Å².